The maximum atomic E-state index is 13.6. The van der Waals surface area contributed by atoms with Crippen molar-refractivity contribution in [3.8, 4) is 5.75 Å². The fourth-order valence-electron chi connectivity index (χ4n) is 3.61. The molecule has 0 spiro atoms. The van der Waals surface area contributed by atoms with E-state index >= 15 is 0 Å². The van der Waals surface area contributed by atoms with Gasteiger partial charge in [-0.15, -0.1) is 0 Å². The molecule has 0 N–H and O–H groups in total. The van der Waals surface area contributed by atoms with Crippen molar-refractivity contribution in [3.63, 3.8) is 0 Å². The third-order valence-electron chi connectivity index (χ3n) is 5.72. The van der Waals surface area contributed by atoms with Crippen LogP contribution in [0.3, 0.4) is 0 Å². The highest BCUT2D eigenvalue weighted by atomic mass is 32.2. The lowest BCUT2D eigenvalue weighted by Crippen LogP contribution is -2.40. The van der Waals surface area contributed by atoms with E-state index in [9.17, 15) is 13.2 Å². The zero-order valence-electron chi connectivity index (χ0n) is 20.0. The van der Waals surface area contributed by atoms with E-state index in [2.05, 4.69) is 0 Å². The molecule has 5 nitrogen and oxygen atoms in total. The van der Waals surface area contributed by atoms with Crippen molar-refractivity contribution < 1.29 is 17.9 Å². The number of rotatable bonds is 7. The highest BCUT2D eigenvalue weighted by Gasteiger charge is 2.32. The zero-order chi connectivity index (χ0) is 24.3. The number of hydrogen-bond acceptors (Lipinski definition) is 4. The molecular formula is C27H31NO4S. The summed E-state index contributed by atoms with van der Waals surface area (Å²) < 4.78 is 34.1. The lowest BCUT2D eigenvalue weighted by atomic mass is 10.0. The summed E-state index contributed by atoms with van der Waals surface area (Å²) in [6.07, 6.45) is 0. The first-order chi connectivity index (χ1) is 15.5. The SMILES string of the molecule is Cc1ccc(S(=O)(=O)N(C(=O)COc2cc(C)ccc2C(C)C)c2cccc(C)c2C)cc1. The first kappa shape index (κ1) is 24.5. The lowest BCUT2D eigenvalue weighted by molar-refractivity contribution is -0.119. The Morgan fingerprint density at radius 3 is 2.18 bits per heavy atom. The summed E-state index contributed by atoms with van der Waals surface area (Å²) in [5.74, 6) is 0.134. The molecule has 0 saturated carbocycles. The van der Waals surface area contributed by atoms with E-state index in [1.165, 1.54) is 12.1 Å². The molecule has 0 aliphatic rings. The Morgan fingerprint density at radius 1 is 0.909 bits per heavy atom. The summed E-state index contributed by atoms with van der Waals surface area (Å²) in [5, 5.41) is 0. The third-order valence-corrected chi connectivity index (χ3v) is 7.47. The second-order valence-corrected chi connectivity index (χ2v) is 10.5. The highest BCUT2D eigenvalue weighted by molar-refractivity contribution is 7.93. The first-order valence-corrected chi connectivity index (χ1v) is 12.4. The maximum Gasteiger partial charge on any atom is 0.278 e. The number of benzene rings is 3. The number of carbonyl (C=O) groups is 1. The molecule has 0 unspecified atom stereocenters. The third kappa shape index (κ3) is 5.28. The van der Waals surface area contributed by atoms with E-state index in [4.69, 9.17) is 4.74 Å². The van der Waals surface area contributed by atoms with E-state index in [1.54, 1.807) is 24.3 Å². The fourth-order valence-corrected chi connectivity index (χ4v) is 5.08. The second kappa shape index (κ2) is 9.79. The zero-order valence-corrected chi connectivity index (χ0v) is 20.9. The largest absolute Gasteiger partial charge is 0.483 e. The summed E-state index contributed by atoms with van der Waals surface area (Å²) in [6.45, 7) is 11.2. The average Bonchev–Trinajstić information content (AvgIpc) is 2.75. The van der Waals surface area contributed by atoms with Crippen LogP contribution in [0.4, 0.5) is 5.69 Å². The van der Waals surface area contributed by atoms with Gasteiger partial charge in [-0.2, -0.15) is 4.31 Å². The average molecular weight is 466 g/mol. The molecule has 3 aromatic rings. The summed E-state index contributed by atoms with van der Waals surface area (Å²) in [4.78, 5) is 13.5. The van der Waals surface area contributed by atoms with E-state index < -0.39 is 22.5 Å². The molecule has 6 heteroatoms. The quantitative estimate of drug-likeness (QED) is 0.439. The van der Waals surface area contributed by atoms with Crippen LogP contribution in [0.25, 0.3) is 0 Å². The summed E-state index contributed by atoms with van der Waals surface area (Å²) >= 11 is 0. The van der Waals surface area contributed by atoms with Crippen LogP contribution < -0.4 is 9.04 Å². The molecule has 174 valence electrons. The second-order valence-electron chi connectivity index (χ2n) is 8.68. The monoisotopic (exact) mass is 465 g/mol. The number of nitrogens with zero attached hydrogens (tertiary/aromatic N) is 1. The van der Waals surface area contributed by atoms with Crippen LogP contribution in [-0.2, 0) is 14.8 Å². The Hall–Kier alpha value is -3.12. The van der Waals surface area contributed by atoms with Gasteiger partial charge in [0.1, 0.15) is 5.75 Å². The van der Waals surface area contributed by atoms with Crippen molar-refractivity contribution >= 4 is 21.6 Å². The standard InChI is InChI=1S/C27H31NO4S/c1-18(2)24-15-12-20(4)16-26(24)32-17-27(29)28(25-9-7-8-21(5)22(25)6)33(30,31)23-13-10-19(3)11-14-23/h7-16,18H,17H2,1-6H3. The molecule has 3 aromatic carbocycles. The van der Waals surface area contributed by atoms with Gasteiger partial charge in [0.15, 0.2) is 6.61 Å². The van der Waals surface area contributed by atoms with Gasteiger partial charge in [0, 0.05) is 0 Å². The van der Waals surface area contributed by atoms with Crippen molar-refractivity contribution in [2.75, 3.05) is 10.9 Å². The normalized spacial score (nSPS) is 11.5. The van der Waals surface area contributed by atoms with Crippen LogP contribution in [-0.4, -0.2) is 20.9 Å². The molecule has 0 aliphatic carbocycles. The first-order valence-electron chi connectivity index (χ1n) is 11.0. The molecule has 0 bridgehead atoms. The van der Waals surface area contributed by atoms with Crippen LogP contribution in [0.15, 0.2) is 65.6 Å². The number of sulfonamides is 1. The molecule has 0 fully saturated rings. The molecule has 1 amide bonds. The van der Waals surface area contributed by atoms with Crippen LogP contribution in [0, 0.1) is 27.7 Å². The van der Waals surface area contributed by atoms with Crippen LogP contribution in [0.1, 0.15) is 47.6 Å². The number of anilines is 1. The summed E-state index contributed by atoms with van der Waals surface area (Å²) in [6, 6.07) is 17.6. The molecule has 0 aliphatic heterocycles. The van der Waals surface area contributed by atoms with Crippen molar-refractivity contribution in [2.24, 2.45) is 0 Å². The minimum Gasteiger partial charge on any atom is -0.483 e. The predicted octanol–water partition coefficient (Wildman–Crippen LogP) is 5.84. The van der Waals surface area contributed by atoms with Gasteiger partial charge >= 0.3 is 0 Å². The Bertz CT molecular complexity index is 1260. The smallest absolute Gasteiger partial charge is 0.278 e. The van der Waals surface area contributed by atoms with Crippen molar-refractivity contribution in [3.05, 3.63) is 88.5 Å². The van der Waals surface area contributed by atoms with Gasteiger partial charge in [-0.25, -0.2) is 8.42 Å². The summed E-state index contributed by atoms with van der Waals surface area (Å²) in [5.41, 5.74) is 4.85. The van der Waals surface area contributed by atoms with Gasteiger partial charge in [0.25, 0.3) is 15.9 Å². The highest BCUT2D eigenvalue weighted by Crippen LogP contribution is 2.31. The molecule has 3 rings (SSSR count). The van der Waals surface area contributed by atoms with Crippen LogP contribution in [0.5, 0.6) is 5.75 Å². The number of aryl methyl sites for hydroxylation is 3. The Balaban J connectivity index is 2.03. The van der Waals surface area contributed by atoms with Crippen molar-refractivity contribution in [1.29, 1.82) is 0 Å². The van der Waals surface area contributed by atoms with Crippen LogP contribution >= 0.6 is 0 Å². The topological polar surface area (TPSA) is 63.7 Å². The van der Waals surface area contributed by atoms with Gasteiger partial charge in [-0.05, 0) is 80.1 Å². The number of ether oxygens (including phenoxy) is 1. The molecule has 33 heavy (non-hydrogen) atoms. The van der Waals surface area contributed by atoms with Gasteiger partial charge in [-0.1, -0.05) is 55.8 Å². The van der Waals surface area contributed by atoms with Gasteiger partial charge in [-0.3, -0.25) is 4.79 Å². The fraction of sp³-hybridized carbons (Fsp3) is 0.296. The summed E-state index contributed by atoms with van der Waals surface area (Å²) in [7, 11) is -4.14. The Kier molecular flexibility index (Phi) is 7.28. The van der Waals surface area contributed by atoms with Gasteiger partial charge < -0.3 is 4.74 Å². The number of amides is 1. The maximum absolute atomic E-state index is 13.6. The Morgan fingerprint density at radius 2 is 1.55 bits per heavy atom. The van der Waals surface area contributed by atoms with Crippen molar-refractivity contribution in [1.82, 2.24) is 0 Å². The number of carbonyl (C=O) groups excluding carboxylic acids is 1. The molecular weight excluding hydrogens is 434 g/mol. The molecule has 0 aromatic heterocycles. The van der Waals surface area contributed by atoms with E-state index in [1.807, 2.05) is 65.8 Å². The molecule has 0 radical (unpaired) electrons. The van der Waals surface area contributed by atoms with E-state index in [-0.39, 0.29) is 10.8 Å². The van der Waals surface area contributed by atoms with Crippen LogP contribution in [0.2, 0.25) is 0 Å². The van der Waals surface area contributed by atoms with Crippen molar-refractivity contribution in [2.45, 2.75) is 52.4 Å². The molecule has 0 saturated heterocycles. The lowest BCUT2D eigenvalue weighted by Gasteiger charge is -2.25. The molecule has 0 heterocycles. The van der Waals surface area contributed by atoms with Gasteiger partial charge in [0.05, 0.1) is 10.6 Å². The number of hydrogen-bond donors (Lipinski definition) is 0. The minimum atomic E-state index is -4.14. The Labute approximate surface area is 197 Å². The van der Waals surface area contributed by atoms with E-state index in [0.29, 0.717) is 11.4 Å². The predicted molar refractivity (Wildman–Crippen MR) is 133 cm³/mol. The minimum absolute atomic E-state index is 0.0563. The molecule has 0 atom stereocenters. The van der Waals surface area contributed by atoms with Gasteiger partial charge in [0.2, 0.25) is 0 Å². The van der Waals surface area contributed by atoms with E-state index in [0.717, 1.165) is 32.1 Å².